The highest BCUT2D eigenvalue weighted by atomic mass is 35.5. The Bertz CT molecular complexity index is 813. The van der Waals surface area contributed by atoms with Gasteiger partial charge in [-0.05, 0) is 28.7 Å². The van der Waals surface area contributed by atoms with Crippen LogP contribution in [0.2, 0.25) is 5.02 Å². The van der Waals surface area contributed by atoms with Crippen molar-refractivity contribution in [2.75, 3.05) is 13.2 Å². The second-order valence-electron chi connectivity index (χ2n) is 6.84. The first kappa shape index (κ1) is 19.8. The van der Waals surface area contributed by atoms with Crippen LogP contribution in [-0.4, -0.2) is 21.6 Å². The van der Waals surface area contributed by atoms with Crippen LogP contribution in [0.3, 0.4) is 0 Å². The van der Waals surface area contributed by atoms with Gasteiger partial charge in [0.05, 0.1) is 5.75 Å². The fourth-order valence-electron chi connectivity index (χ4n) is 2.44. The van der Waals surface area contributed by atoms with Crippen molar-refractivity contribution in [3.05, 3.63) is 64.7 Å². The van der Waals surface area contributed by atoms with Gasteiger partial charge in [0.2, 0.25) is 10.0 Å². The summed E-state index contributed by atoms with van der Waals surface area (Å²) in [6, 6.07) is 14.7. The van der Waals surface area contributed by atoms with Crippen molar-refractivity contribution in [2.24, 2.45) is 0 Å². The molecule has 0 aliphatic heterocycles. The van der Waals surface area contributed by atoms with Gasteiger partial charge >= 0.3 is 0 Å². The van der Waals surface area contributed by atoms with Crippen LogP contribution in [0.5, 0.6) is 5.75 Å². The van der Waals surface area contributed by atoms with Gasteiger partial charge in [0, 0.05) is 11.6 Å². The summed E-state index contributed by atoms with van der Waals surface area (Å²) in [5.74, 6) is 0.630. The minimum Gasteiger partial charge on any atom is -0.492 e. The Balaban J connectivity index is 1.90. The third-order valence-electron chi connectivity index (χ3n) is 3.68. The molecule has 0 saturated carbocycles. The predicted molar refractivity (Wildman–Crippen MR) is 103 cm³/mol. The molecule has 0 heterocycles. The van der Waals surface area contributed by atoms with E-state index in [1.54, 1.807) is 24.3 Å². The van der Waals surface area contributed by atoms with Crippen LogP contribution in [0, 0.1) is 0 Å². The first-order valence-electron chi connectivity index (χ1n) is 8.12. The van der Waals surface area contributed by atoms with Gasteiger partial charge in [0.1, 0.15) is 12.4 Å². The van der Waals surface area contributed by atoms with Gasteiger partial charge in [0.15, 0.2) is 0 Å². The Morgan fingerprint density at radius 1 is 1.04 bits per heavy atom. The number of halogens is 1. The van der Waals surface area contributed by atoms with E-state index in [0.717, 1.165) is 11.3 Å². The Morgan fingerprint density at radius 3 is 2.36 bits per heavy atom. The van der Waals surface area contributed by atoms with Gasteiger partial charge in [-0.25, -0.2) is 13.1 Å². The molecule has 0 aliphatic rings. The Morgan fingerprint density at radius 2 is 1.68 bits per heavy atom. The van der Waals surface area contributed by atoms with Crippen molar-refractivity contribution in [1.29, 1.82) is 0 Å². The lowest BCUT2D eigenvalue weighted by Crippen LogP contribution is -2.29. The molecule has 0 saturated heterocycles. The lowest BCUT2D eigenvalue weighted by Gasteiger charge is -2.22. The van der Waals surface area contributed by atoms with E-state index in [4.69, 9.17) is 16.3 Å². The molecule has 1 N–H and O–H groups in total. The maximum Gasteiger partial charge on any atom is 0.215 e. The van der Waals surface area contributed by atoms with Crippen LogP contribution in [0.25, 0.3) is 0 Å². The molecule has 0 atom stereocenters. The van der Waals surface area contributed by atoms with Crippen molar-refractivity contribution in [2.45, 2.75) is 31.9 Å². The first-order chi connectivity index (χ1) is 11.7. The largest absolute Gasteiger partial charge is 0.492 e. The normalized spacial score (nSPS) is 12.2. The summed E-state index contributed by atoms with van der Waals surface area (Å²) in [6.07, 6.45) is 0. The second kappa shape index (κ2) is 8.21. The lowest BCUT2D eigenvalue weighted by atomic mass is 9.86. The molecule has 0 unspecified atom stereocenters. The molecule has 0 bridgehead atoms. The number of sulfonamides is 1. The van der Waals surface area contributed by atoms with Crippen LogP contribution in [-0.2, 0) is 21.2 Å². The molecule has 0 radical (unpaired) electrons. The van der Waals surface area contributed by atoms with E-state index in [1.165, 1.54) is 0 Å². The standard InChI is InChI=1S/C19H24ClNO3S/c1-19(2,3)16-9-5-7-11-18(16)24-13-12-21-25(22,23)14-15-8-4-6-10-17(15)20/h4-11,21H,12-14H2,1-3H3. The van der Waals surface area contributed by atoms with E-state index in [9.17, 15) is 8.42 Å². The van der Waals surface area contributed by atoms with E-state index in [0.29, 0.717) is 10.6 Å². The molecule has 2 aromatic rings. The number of hydrogen-bond donors (Lipinski definition) is 1. The molecule has 0 aliphatic carbocycles. The van der Waals surface area contributed by atoms with Crippen LogP contribution < -0.4 is 9.46 Å². The number of nitrogens with one attached hydrogen (secondary N) is 1. The molecule has 4 nitrogen and oxygen atoms in total. The summed E-state index contributed by atoms with van der Waals surface area (Å²) in [4.78, 5) is 0. The molecule has 136 valence electrons. The highest BCUT2D eigenvalue weighted by Gasteiger charge is 2.18. The third kappa shape index (κ3) is 6.03. The Hall–Kier alpha value is -1.56. The molecule has 2 aromatic carbocycles. The second-order valence-corrected chi connectivity index (χ2v) is 9.05. The Kier molecular flexibility index (Phi) is 6.49. The van der Waals surface area contributed by atoms with Gasteiger partial charge in [-0.1, -0.05) is 68.8 Å². The molecule has 2 rings (SSSR count). The number of ether oxygens (including phenoxy) is 1. The monoisotopic (exact) mass is 381 g/mol. The maximum atomic E-state index is 12.2. The van der Waals surface area contributed by atoms with E-state index in [2.05, 4.69) is 25.5 Å². The molecular weight excluding hydrogens is 358 g/mol. The highest BCUT2D eigenvalue weighted by Crippen LogP contribution is 2.30. The lowest BCUT2D eigenvalue weighted by molar-refractivity contribution is 0.314. The third-order valence-corrected chi connectivity index (χ3v) is 5.38. The molecular formula is C19H24ClNO3S. The summed E-state index contributed by atoms with van der Waals surface area (Å²) in [5.41, 5.74) is 1.63. The first-order valence-corrected chi connectivity index (χ1v) is 10.1. The molecule has 0 aromatic heterocycles. The van der Waals surface area contributed by atoms with E-state index in [1.807, 2.05) is 24.3 Å². The molecule has 6 heteroatoms. The molecule has 0 fully saturated rings. The topological polar surface area (TPSA) is 55.4 Å². The number of benzene rings is 2. The summed E-state index contributed by atoms with van der Waals surface area (Å²) < 4.78 is 32.7. The average Bonchev–Trinajstić information content (AvgIpc) is 2.53. The zero-order chi connectivity index (χ0) is 18.5. The summed E-state index contributed by atoms with van der Waals surface area (Å²) >= 11 is 6.01. The zero-order valence-corrected chi connectivity index (χ0v) is 16.3. The van der Waals surface area contributed by atoms with E-state index < -0.39 is 10.0 Å². The minimum absolute atomic E-state index is 0.0415. The summed E-state index contributed by atoms with van der Waals surface area (Å²) in [5, 5.41) is 0.447. The fourth-order valence-corrected chi connectivity index (χ4v) is 3.88. The number of rotatable bonds is 7. The maximum absolute atomic E-state index is 12.2. The molecule has 25 heavy (non-hydrogen) atoms. The summed E-state index contributed by atoms with van der Waals surface area (Å²) in [7, 11) is -3.46. The highest BCUT2D eigenvalue weighted by molar-refractivity contribution is 7.88. The van der Waals surface area contributed by atoms with Crippen LogP contribution in [0.1, 0.15) is 31.9 Å². The number of hydrogen-bond acceptors (Lipinski definition) is 3. The van der Waals surface area contributed by atoms with Crippen LogP contribution >= 0.6 is 11.6 Å². The van der Waals surface area contributed by atoms with Crippen molar-refractivity contribution in [3.8, 4) is 5.75 Å². The number of para-hydroxylation sites is 1. The minimum atomic E-state index is -3.46. The van der Waals surface area contributed by atoms with Gasteiger partial charge in [0.25, 0.3) is 0 Å². The summed E-state index contributed by atoms with van der Waals surface area (Å²) in [6.45, 7) is 6.80. The smallest absolute Gasteiger partial charge is 0.215 e. The molecule has 0 spiro atoms. The van der Waals surface area contributed by atoms with Gasteiger partial charge in [-0.3, -0.25) is 0 Å². The Labute approximate surface area is 155 Å². The van der Waals surface area contributed by atoms with Crippen molar-refractivity contribution >= 4 is 21.6 Å². The van der Waals surface area contributed by atoms with Crippen molar-refractivity contribution in [1.82, 2.24) is 4.72 Å². The van der Waals surface area contributed by atoms with Gasteiger partial charge in [-0.2, -0.15) is 0 Å². The quantitative estimate of drug-likeness (QED) is 0.733. The average molecular weight is 382 g/mol. The van der Waals surface area contributed by atoms with Crippen LogP contribution in [0.15, 0.2) is 48.5 Å². The SMILES string of the molecule is CC(C)(C)c1ccccc1OCCNS(=O)(=O)Cc1ccccc1Cl. The fraction of sp³-hybridized carbons (Fsp3) is 0.368. The zero-order valence-electron chi connectivity index (χ0n) is 14.8. The van der Waals surface area contributed by atoms with Crippen LogP contribution in [0.4, 0.5) is 0 Å². The van der Waals surface area contributed by atoms with Crippen molar-refractivity contribution < 1.29 is 13.2 Å². The van der Waals surface area contributed by atoms with E-state index in [-0.39, 0.29) is 24.3 Å². The van der Waals surface area contributed by atoms with E-state index >= 15 is 0 Å². The molecule has 0 amide bonds. The van der Waals surface area contributed by atoms with Gasteiger partial charge < -0.3 is 4.74 Å². The van der Waals surface area contributed by atoms with Crippen molar-refractivity contribution in [3.63, 3.8) is 0 Å². The predicted octanol–water partition coefficient (Wildman–Crippen LogP) is 4.14. The van der Waals surface area contributed by atoms with Gasteiger partial charge in [-0.15, -0.1) is 0 Å².